The second-order valence-corrected chi connectivity index (χ2v) is 6.16. The van der Waals surface area contributed by atoms with Gasteiger partial charge >= 0.3 is 6.18 Å². The fraction of sp³-hybridized carbons (Fsp3) is 0.400. The summed E-state index contributed by atoms with van der Waals surface area (Å²) in [7, 11) is 0. The standard InChI is InChI=1S/C15H17ClF3N7/c16-10-1-3-11(4-2-10)25-5-7-26(8-6-25)14(20)21-9-12-22-13(24-23-12)15(17,18)19/h1-4H,5-9H2,(H2,20,21)(H,22,23,24). The van der Waals surface area contributed by atoms with E-state index < -0.39 is 12.0 Å². The van der Waals surface area contributed by atoms with Gasteiger partial charge in [0.25, 0.3) is 5.82 Å². The van der Waals surface area contributed by atoms with E-state index in [1.807, 2.05) is 29.2 Å². The van der Waals surface area contributed by atoms with Crippen LogP contribution in [0.2, 0.25) is 5.02 Å². The molecule has 1 aromatic heterocycles. The van der Waals surface area contributed by atoms with Crippen molar-refractivity contribution in [3.63, 3.8) is 0 Å². The Balaban J connectivity index is 1.54. The SMILES string of the molecule is NC(=NCc1nc(C(F)(F)F)n[nH]1)N1CCN(c2ccc(Cl)cc2)CC1. The molecule has 1 aromatic carbocycles. The fourth-order valence-electron chi connectivity index (χ4n) is 2.59. The van der Waals surface area contributed by atoms with Crippen LogP contribution in [0.25, 0.3) is 0 Å². The summed E-state index contributed by atoms with van der Waals surface area (Å²) in [5.41, 5.74) is 7.02. The van der Waals surface area contributed by atoms with E-state index in [1.54, 1.807) is 0 Å². The number of rotatable bonds is 3. The van der Waals surface area contributed by atoms with Gasteiger partial charge in [-0.3, -0.25) is 5.10 Å². The maximum absolute atomic E-state index is 12.5. The summed E-state index contributed by atoms with van der Waals surface area (Å²) >= 11 is 5.89. The Morgan fingerprint density at radius 2 is 1.85 bits per heavy atom. The maximum Gasteiger partial charge on any atom is 0.453 e. The topological polar surface area (TPSA) is 86.4 Å². The summed E-state index contributed by atoms with van der Waals surface area (Å²) in [6, 6.07) is 7.59. The zero-order valence-corrected chi connectivity index (χ0v) is 14.4. The Morgan fingerprint density at radius 1 is 1.19 bits per heavy atom. The van der Waals surface area contributed by atoms with Gasteiger partial charge in [0.1, 0.15) is 12.4 Å². The molecule has 1 fully saturated rings. The van der Waals surface area contributed by atoms with Crippen LogP contribution in [0, 0.1) is 0 Å². The van der Waals surface area contributed by atoms with Crippen molar-refractivity contribution >= 4 is 23.2 Å². The van der Waals surface area contributed by atoms with Crippen LogP contribution in [0.3, 0.4) is 0 Å². The number of H-pyrrole nitrogens is 1. The molecule has 11 heteroatoms. The van der Waals surface area contributed by atoms with Crippen LogP contribution in [0.15, 0.2) is 29.3 Å². The summed E-state index contributed by atoms with van der Waals surface area (Å²) < 4.78 is 37.4. The number of alkyl halides is 3. The number of nitrogens with zero attached hydrogens (tertiary/aromatic N) is 5. The molecule has 0 amide bonds. The third-order valence-corrected chi connectivity index (χ3v) is 4.22. The summed E-state index contributed by atoms with van der Waals surface area (Å²) in [6.07, 6.45) is -4.58. The van der Waals surface area contributed by atoms with Crippen molar-refractivity contribution in [2.24, 2.45) is 10.7 Å². The van der Waals surface area contributed by atoms with Crippen LogP contribution in [-0.2, 0) is 12.7 Å². The van der Waals surface area contributed by atoms with Gasteiger partial charge < -0.3 is 15.5 Å². The zero-order valence-electron chi connectivity index (χ0n) is 13.7. The van der Waals surface area contributed by atoms with Gasteiger partial charge in [-0.25, -0.2) is 9.98 Å². The highest BCUT2D eigenvalue weighted by Crippen LogP contribution is 2.25. The predicted octanol–water partition coefficient (Wildman–Crippen LogP) is 2.11. The first-order valence-electron chi connectivity index (χ1n) is 7.87. The number of halogens is 4. The molecular formula is C15H17ClF3N7. The number of nitrogens with one attached hydrogen (secondary N) is 1. The molecule has 3 rings (SSSR count). The van der Waals surface area contributed by atoms with Gasteiger partial charge in [0.2, 0.25) is 0 Å². The predicted molar refractivity (Wildman–Crippen MR) is 91.9 cm³/mol. The van der Waals surface area contributed by atoms with Crippen LogP contribution >= 0.6 is 11.6 Å². The molecule has 0 bridgehead atoms. The smallest absolute Gasteiger partial charge is 0.370 e. The number of piperazine rings is 1. The van der Waals surface area contributed by atoms with E-state index in [0.29, 0.717) is 18.1 Å². The number of aromatic nitrogens is 3. The number of anilines is 1. The molecule has 1 saturated heterocycles. The number of nitrogens with two attached hydrogens (primary N) is 1. The molecule has 1 aliphatic heterocycles. The lowest BCUT2D eigenvalue weighted by molar-refractivity contribution is -0.144. The van der Waals surface area contributed by atoms with Gasteiger partial charge in [-0.1, -0.05) is 11.6 Å². The summed E-state index contributed by atoms with van der Waals surface area (Å²) in [5, 5.41) is 6.03. The molecule has 2 aromatic rings. The Kier molecular flexibility index (Phi) is 5.21. The summed E-state index contributed by atoms with van der Waals surface area (Å²) in [5.74, 6) is -0.927. The van der Waals surface area contributed by atoms with E-state index in [0.717, 1.165) is 18.8 Å². The second kappa shape index (κ2) is 7.40. The summed E-state index contributed by atoms with van der Waals surface area (Å²) in [4.78, 5) is 11.6. The molecule has 7 nitrogen and oxygen atoms in total. The van der Waals surface area contributed by atoms with Crippen LogP contribution in [0.5, 0.6) is 0 Å². The first-order valence-corrected chi connectivity index (χ1v) is 8.24. The minimum absolute atomic E-state index is 0.0140. The molecule has 0 saturated carbocycles. The lowest BCUT2D eigenvalue weighted by Crippen LogP contribution is -2.51. The Morgan fingerprint density at radius 3 is 2.42 bits per heavy atom. The lowest BCUT2D eigenvalue weighted by atomic mass is 10.2. The highest BCUT2D eigenvalue weighted by molar-refractivity contribution is 6.30. The highest BCUT2D eigenvalue weighted by atomic mass is 35.5. The second-order valence-electron chi connectivity index (χ2n) is 5.73. The molecule has 0 radical (unpaired) electrons. The van der Waals surface area contributed by atoms with Crippen LogP contribution in [0.1, 0.15) is 11.6 Å². The minimum atomic E-state index is -4.58. The molecule has 2 heterocycles. The largest absolute Gasteiger partial charge is 0.453 e. The van der Waals surface area contributed by atoms with Gasteiger partial charge in [0.15, 0.2) is 5.96 Å². The zero-order chi connectivity index (χ0) is 18.7. The third kappa shape index (κ3) is 4.37. The molecule has 26 heavy (non-hydrogen) atoms. The first-order chi connectivity index (χ1) is 12.3. The van der Waals surface area contributed by atoms with Crippen LogP contribution < -0.4 is 10.6 Å². The Labute approximate surface area is 152 Å². The van der Waals surface area contributed by atoms with E-state index in [4.69, 9.17) is 17.3 Å². The van der Waals surface area contributed by atoms with Crippen molar-refractivity contribution in [3.8, 4) is 0 Å². The number of aromatic amines is 1. The van der Waals surface area contributed by atoms with Crippen LogP contribution in [-0.4, -0.2) is 52.2 Å². The Bertz CT molecular complexity index is 764. The van der Waals surface area contributed by atoms with Crippen molar-refractivity contribution in [2.75, 3.05) is 31.1 Å². The molecule has 140 valence electrons. The molecule has 0 aliphatic carbocycles. The quantitative estimate of drug-likeness (QED) is 0.622. The minimum Gasteiger partial charge on any atom is -0.370 e. The van der Waals surface area contributed by atoms with Crippen molar-refractivity contribution < 1.29 is 13.2 Å². The van der Waals surface area contributed by atoms with Crippen molar-refractivity contribution in [1.82, 2.24) is 20.1 Å². The number of benzene rings is 1. The maximum atomic E-state index is 12.5. The lowest BCUT2D eigenvalue weighted by Gasteiger charge is -2.36. The third-order valence-electron chi connectivity index (χ3n) is 3.97. The normalized spacial score (nSPS) is 16.2. The fourth-order valence-corrected chi connectivity index (χ4v) is 2.72. The number of aliphatic imine (C=N–C) groups is 1. The monoisotopic (exact) mass is 387 g/mol. The number of hydrogen-bond donors (Lipinski definition) is 2. The highest BCUT2D eigenvalue weighted by Gasteiger charge is 2.36. The molecule has 1 aliphatic rings. The average Bonchev–Trinajstić information content (AvgIpc) is 3.10. The van der Waals surface area contributed by atoms with Crippen molar-refractivity contribution in [3.05, 3.63) is 40.9 Å². The Hall–Kier alpha value is -2.49. The van der Waals surface area contributed by atoms with Gasteiger partial charge in [0.05, 0.1) is 0 Å². The average molecular weight is 388 g/mol. The van der Waals surface area contributed by atoms with Gasteiger partial charge in [-0.2, -0.15) is 13.2 Å². The molecule has 3 N–H and O–H groups in total. The molecule has 0 unspecified atom stereocenters. The summed E-state index contributed by atoms with van der Waals surface area (Å²) in [6.45, 7) is 2.72. The van der Waals surface area contributed by atoms with Gasteiger partial charge in [0, 0.05) is 36.9 Å². The van der Waals surface area contributed by atoms with E-state index in [9.17, 15) is 13.2 Å². The van der Waals surface area contributed by atoms with E-state index in [-0.39, 0.29) is 18.3 Å². The number of hydrogen-bond acceptors (Lipinski definition) is 4. The van der Waals surface area contributed by atoms with Gasteiger partial charge in [-0.05, 0) is 24.3 Å². The van der Waals surface area contributed by atoms with E-state index >= 15 is 0 Å². The first kappa shape index (κ1) is 18.3. The van der Waals surface area contributed by atoms with Crippen molar-refractivity contribution in [1.29, 1.82) is 0 Å². The van der Waals surface area contributed by atoms with E-state index in [2.05, 4.69) is 25.1 Å². The molecule has 0 atom stereocenters. The van der Waals surface area contributed by atoms with Crippen LogP contribution in [0.4, 0.5) is 18.9 Å². The van der Waals surface area contributed by atoms with Gasteiger partial charge in [-0.15, -0.1) is 5.10 Å². The molecule has 0 spiro atoms. The van der Waals surface area contributed by atoms with Crippen molar-refractivity contribution in [2.45, 2.75) is 12.7 Å². The molecular weight excluding hydrogens is 371 g/mol. The number of guanidine groups is 1. The van der Waals surface area contributed by atoms with E-state index in [1.165, 1.54) is 0 Å².